The lowest BCUT2D eigenvalue weighted by atomic mass is 10.1. The van der Waals surface area contributed by atoms with E-state index in [9.17, 15) is 4.79 Å². The molecule has 0 saturated carbocycles. The second-order valence-electron chi connectivity index (χ2n) is 5.12. The van der Waals surface area contributed by atoms with Gasteiger partial charge in [0, 0.05) is 13.1 Å². The van der Waals surface area contributed by atoms with Gasteiger partial charge >= 0.3 is 0 Å². The molecule has 6 nitrogen and oxygen atoms in total. The molecule has 0 spiro atoms. The number of carbonyl (C=O) groups excluding carboxylic acids is 1. The van der Waals surface area contributed by atoms with E-state index in [1.54, 1.807) is 18.2 Å². The molecular formula is C14H16ClN5O. The van der Waals surface area contributed by atoms with Crippen molar-refractivity contribution in [2.24, 2.45) is 0 Å². The largest absolute Gasteiger partial charge is 0.339 e. The summed E-state index contributed by atoms with van der Waals surface area (Å²) in [5.74, 6) is -0.0168. The van der Waals surface area contributed by atoms with Crippen molar-refractivity contribution < 1.29 is 4.79 Å². The van der Waals surface area contributed by atoms with Crippen LogP contribution in [-0.4, -0.2) is 44.1 Å². The fraction of sp³-hybridized carbons (Fsp3) is 0.429. The Hall–Kier alpha value is -1.95. The average Bonchev–Trinajstić information content (AvgIpc) is 2.89. The van der Waals surface area contributed by atoms with Crippen LogP contribution in [0.2, 0.25) is 5.02 Å². The molecule has 21 heavy (non-hydrogen) atoms. The van der Waals surface area contributed by atoms with E-state index in [2.05, 4.69) is 15.5 Å². The number of nitrogens with zero attached hydrogens (tertiary/aromatic N) is 5. The molecule has 2 heterocycles. The first-order chi connectivity index (χ1) is 10.3. The van der Waals surface area contributed by atoms with Crippen LogP contribution in [0.3, 0.4) is 0 Å². The van der Waals surface area contributed by atoms with Crippen LogP contribution in [0.5, 0.6) is 0 Å². The van der Waals surface area contributed by atoms with E-state index in [4.69, 9.17) is 11.6 Å². The zero-order chi connectivity index (χ0) is 14.7. The van der Waals surface area contributed by atoms with Gasteiger partial charge in [0.15, 0.2) is 0 Å². The Morgan fingerprint density at radius 1 is 1.14 bits per heavy atom. The number of aromatic nitrogens is 4. The Labute approximate surface area is 127 Å². The van der Waals surface area contributed by atoms with E-state index in [1.165, 1.54) is 23.9 Å². The molecule has 0 bridgehead atoms. The van der Waals surface area contributed by atoms with E-state index in [0.717, 1.165) is 31.6 Å². The summed E-state index contributed by atoms with van der Waals surface area (Å²) < 4.78 is 1.51. The van der Waals surface area contributed by atoms with Gasteiger partial charge in [0.25, 0.3) is 5.91 Å². The average molecular weight is 306 g/mol. The van der Waals surface area contributed by atoms with Gasteiger partial charge in [-0.15, -0.1) is 5.10 Å². The SMILES string of the molecule is O=C(c1cc(-n2cnnn2)ccc1Cl)N1CCCCCC1. The highest BCUT2D eigenvalue weighted by atomic mass is 35.5. The van der Waals surface area contributed by atoms with Crippen molar-refractivity contribution in [1.82, 2.24) is 25.1 Å². The van der Waals surface area contributed by atoms with Crippen molar-refractivity contribution in [3.8, 4) is 5.69 Å². The van der Waals surface area contributed by atoms with E-state index in [1.807, 2.05) is 4.90 Å². The molecule has 1 aliphatic heterocycles. The van der Waals surface area contributed by atoms with Crippen LogP contribution >= 0.6 is 11.6 Å². The van der Waals surface area contributed by atoms with Gasteiger partial charge in [-0.2, -0.15) is 0 Å². The minimum absolute atomic E-state index is 0.0168. The molecule has 0 N–H and O–H groups in total. The molecule has 1 aromatic carbocycles. The van der Waals surface area contributed by atoms with E-state index in [-0.39, 0.29) is 5.91 Å². The quantitative estimate of drug-likeness (QED) is 0.854. The third-order valence-electron chi connectivity index (χ3n) is 3.69. The molecule has 1 aromatic heterocycles. The number of hydrogen-bond donors (Lipinski definition) is 0. The molecule has 2 aromatic rings. The number of rotatable bonds is 2. The van der Waals surface area contributed by atoms with Crippen molar-refractivity contribution in [3.63, 3.8) is 0 Å². The first-order valence-corrected chi connectivity index (χ1v) is 7.46. The highest BCUT2D eigenvalue weighted by Gasteiger charge is 2.20. The van der Waals surface area contributed by atoms with Gasteiger partial charge in [-0.1, -0.05) is 24.4 Å². The van der Waals surface area contributed by atoms with Crippen molar-refractivity contribution in [3.05, 3.63) is 35.1 Å². The predicted molar refractivity (Wildman–Crippen MR) is 78.5 cm³/mol. The van der Waals surface area contributed by atoms with Crippen LogP contribution in [0, 0.1) is 0 Å². The summed E-state index contributed by atoms with van der Waals surface area (Å²) in [6.45, 7) is 1.59. The summed E-state index contributed by atoms with van der Waals surface area (Å²) in [5.41, 5.74) is 1.23. The number of tetrazole rings is 1. The number of halogens is 1. The van der Waals surface area contributed by atoms with E-state index >= 15 is 0 Å². The van der Waals surface area contributed by atoms with Gasteiger partial charge in [-0.3, -0.25) is 4.79 Å². The zero-order valence-electron chi connectivity index (χ0n) is 11.6. The summed E-state index contributed by atoms with van der Waals surface area (Å²) in [5, 5.41) is 11.5. The van der Waals surface area contributed by atoms with Crippen molar-refractivity contribution in [2.75, 3.05) is 13.1 Å². The predicted octanol–water partition coefficient (Wildman–Crippen LogP) is 2.33. The van der Waals surface area contributed by atoms with Crippen molar-refractivity contribution in [1.29, 1.82) is 0 Å². The van der Waals surface area contributed by atoms with Gasteiger partial charge in [0.2, 0.25) is 0 Å². The normalized spacial score (nSPS) is 15.8. The fourth-order valence-corrected chi connectivity index (χ4v) is 2.74. The maximum atomic E-state index is 12.7. The Balaban J connectivity index is 1.89. The van der Waals surface area contributed by atoms with Gasteiger partial charge in [0.05, 0.1) is 16.3 Å². The Morgan fingerprint density at radius 3 is 2.57 bits per heavy atom. The van der Waals surface area contributed by atoms with Crippen LogP contribution in [0.15, 0.2) is 24.5 Å². The van der Waals surface area contributed by atoms with Gasteiger partial charge in [-0.05, 0) is 41.5 Å². The summed E-state index contributed by atoms with van der Waals surface area (Å²) >= 11 is 6.20. The Bertz CT molecular complexity index is 620. The fourth-order valence-electron chi connectivity index (χ4n) is 2.54. The first kappa shape index (κ1) is 14.0. The van der Waals surface area contributed by atoms with E-state index in [0.29, 0.717) is 10.6 Å². The molecule has 110 valence electrons. The van der Waals surface area contributed by atoms with Crippen molar-refractivity contribution >= 4 is 17.5 Å². The number of likely N-dealkylation sites (tertiary alicyclic amines) is 1. The molecule has 1 amide bonds. The molecule has 1 aliphatic rings. The highest BCUT2D eigenvalue weighted by molar-refractivity contribution is 6.33. The lowest BCUT2D eigenvalue weighted by Gasteiger charge is -2.21. The monoisotopic (exact) mass is 305 g/mol. The maximum Gasteiger partial charge on any atom is 0.255 e. The zero-order valence-corrected chi connectivity index (χ0v) is 12.3. The number of benzene rings is 1. The summed E-state index contributed by atoms with van der Waals surface area (Å²) in [6.07, 6.45) is 5.96. The topological polar surface area (TPSA) is 63.9 Å². The smallest absolute Gasteiger partial charge is 0.255 e. The molecule has 1 saturated heterocycles. The standard InChI is InChI=1S/C14H16ClN5O/c15-13-6-5-11(20-10-16-17-18-20)9-12(13)14(21)19-7-3-1-2-4-8-19/h5-6,9-10H,1-4,7-8H2. The Kier molecular flexibility index (Phi) is 4.15. The molecule has 0 atom stereocenters. The lowest BCUT2D eigenvalue weighted by molar-refractivity contribution is 0.0762. The van der Waals surface area contributed by atoms with Crippen LogP contribution in [-0.2, 0) is 0 Å². The third-order valence-corrected chi connectivity index (χ3v) is 4.02. The second-order valence-corrected chi connectivity index (χ2v) is 5.53. The minimum atomic E-state index is -0.0168. The molecule has 0 aliphatic carbocycles. The van der Waals surface area contributed by atoms with Crippen molar-refractivity contribution in [2.45, 2.75) is 25.7 Å². The summed E-state index contributed by atoms with van der Waals surface area (Å²) in [4.78, 5) is 14.6. The van der Waals surface area contributed by atoms with Crippen LogP contribution < -0.4 is 0 Å². The highest BCUT2D eigenvalue weighted by Crippen LogP contribution is 2.22. The lowest BCUT2D eigenvalue weighted by Crippen LogP contribution is -2.32. The molecule has 3 rings (SSSR count). The van der Waals surface area contributed by atoms with Crippen LogP contribution in [0.4, 0.5) is 0 Å². The van der Waals surface area contributed by atoms with E-state index < -0.39 is 0 Å². The van der Waals surface area contributed by atoms with Gasteiger partial charge in [0.1, 0.15) is 6.33 Å². The van der Waals surface area contributed by atoms with Gasteiger partial charge in [-0.25, -0.2) is 4.68 Å². The molecule has 7 heteroatoms. The maximum absolute atomic E-state index is 12.7. The molecule has 0 radical (unpaired) electrons. The third kappa shape index (κ3) is 3.05. The first-order valence-electron chi connectivity index (χ1n) is 7.08. The molecule has 0 unspecified atom stereocenters. The molecular weight excluding hydrogens is 290 g/mol. The Morgan fingerprint density at radius 2 is 1.90 bits per heavy atom. The molecule has 1 fully saturated rings. The minimum Gasteiger partial charge on any atom is -0.339 e. The second kappa shape index (κ2) is 6.22. The van der Waals surface area contributed by atoms with Crippen LogP contribution in [0.1, 0.15) is 36.0 Å². The van der Waals surface area contributed by atoms with Gasteiger partial charge < -0.3 is 4.90 Å². The number of amides is 1. The number of hydrogen-bond acceptors (Lipinski definition) is 4. The summed E-state index contributed by atoms with van der Waals surface area (Å²) in [6, 6.07) is 5.24. The summed E-state index contributed by atoms with van der Waals surface area (Å²) in [7, 11) is 0. The van der Waals surface area contributed by atoms with Crippen LogP contribution in [0.25, 0.3) is 5.69 Å². The number of carbonyl (C=O) groups is 1.